The van der Waals surface area contributed by atoms with Crippen LogP contribution in [-0.2, 0) is 16.6 Å². The summed E-state index contributed by atoms with van der Waals surface area (Å²) in [5.74, 6) is -0.796. The van der Waals surface area contributed by atoms with E-state index in [1.54, 1.807) is 16.8 Å². The van der Waals surface area contributed by atoms with Crippen LogP contribution in [0.5, 0.6) is 0 Å². The quantitative estimate of drug-likeness (QED) is 0.904. The minimum Gasteiger partial charge on any atom is -0.326 e. The molecule has 0 saturated carbocycles. The van der Waals surface area contributed by atoms with Crippen LogP contribution < -0.4 is 10.5 Å². The molecule has 1 heterocycles. The van der Waals surface area contributed by atoms with Gasteiger partial charge in [0, 0.05) is 11.9 Å². The van der Waals surface area contributed by atoms with E-state index >= 15 is 0 Å². The minimum atomic E-state index is -3.92. The second-order valence-corrected chi connectivity index (χ2v) is 6.02. The predicted octanol–water partition coefficient (Wildman–Crippen LogP) is 2.15. The Kier molecular flexibility index (Phi) is 3.65. The Hall–Kier alpha value is -1.44. The molecule has 0 bridgehead atoms. The van der Waals surface area contributed by atoms with Crippen molar-refractivity contribution in [3.63, 3.8) is 0 Å². The van der Waals surface area contributed by atoms with Crippen LogP contribution in [0.2, 0.25) is 0 Å². The van der Waals surface area contributed by atoms with E-state index in [1.165, 1.54) is 23.5 Å². The van der Waals surface area contributed by atoms with Crippen molar-refractivity contribution in [1.29, 1.82) is 0 Å². The zero-order valence-corrected chi connectivity index (χ0v) is 10.9. The summed E-state index contributed by atoms with van der Waals surface area (Å²) < 4.78 is 39.9. The first-order chi connectivity index (χ1) is 8.53. The van der Waals surface area contributed by atoms with Crippen LogP contribution in [0.4, 0.5) is 10.1 Å². The SMILES string of the molecule is NCc1ccc(F)c(S(=O)(=O)Nc2ccsc2)c1. The molecule has 96 valence electrons. The second kappa shape index (κ2) is 5.05. The maximum Gasteiger partial charge on any atom is 0.264 e. The average molecular weight is 286 g/mol. The van der Waals surface area contributed by atoms with E-state index in [2.05, 4.69) is 4.72 Å². The second-order valence-electron chi connectivity index (χ2n) is 3.59. The van der Waals surface area contributed by atoms with E-state index in [4.69, 9.17) is 5.73 Å². The monoisotopic (exact) mass is 286 g/mol. The van der Waals surface area contributed by atoms with Crippen molar-refractivity contribution in [2.24, 2.45) is 5.73 Å². The van der Waals surface area contributed by atoms with Crippen molar-refractivity contribution in [3.8, 4) is 0 Å². The fourth-order valence-electron chi connectivity index (χ4n) is 1.41. The number of hydrogen-bond donors (Lipinski definition) is 2. The lowest BCUT2D eigenvalue weighted by molar-refractivity contribution is 0.569. The Labute approximate surface area is 108 Å². The zero-order valence-electron chi connectivity index (χ0n) is 9.26. The first kappa shape index (κ1) is 13.0. The highest BCUT2D eigenvalue weighted by molar-refractivity contribution is 7.92. The summed E-state index contributed by atoms with van der Waals surface area (Å²) in [5, 5.41) is 3.35. The average Bonchev–Trinajstić information content (AvgIpc) is 2.81. The maximum atomic E-state index is 13.6. The van der Waals surface area contributed by atoms with E-state index in [9.17, 15) is 12.8 Å². The van der Waals surface area contributed by atoms with Crippen LogP contribution in [0.25, 0.3) is 0 Å². The Bertz CT molecular complexity index is 639. The van der Waals surface area contributed by atoms with Crippen LogP contribution in [0.15, 0.2) is 39.9 Å². The summed E-state index contributed by atoms with van der Waals surface area (Å²) in [5.41, 5.74) is 6.38. The lowest BCUT2D eigenvalue weighted by atomic mass is 10.2. The molecule has 3 N–H and O–H groups in total. The standard InChI is InChI=1S/C11H11FN2O2S2/c12-10-2-1-8(6-13)5-11(10)18(15,16)14-9-3-4-17-7-9/h1-5,7,14H,6,13H2. The molecule has 0 aliphatic carbocycles. The van der Waals surface area contributed by atoms with Gasteiger partial charge in [-0.05, 0) is 29.1 Å². The van der Waals surface area contributed by atoms with Gasteiger partial charge in [-0.1, -0.05) is 6.07 Å². The first-order valence-corrected chi connectivity index (χ1v) is 7.49. The molecular weight excluding hydrogens is 275 g/mol. The van der Waals surface area contributed by atoms with Crippen molar-refractivity contribution in [3.05, 3.63) is 46.4 Å². The number of rotatable bonds is 4. The summed E-state index contributed by atoms with van der Waals surface area (Å²) in [6.45, 7) is 0.154. The summed E-state index contributed by atoms with van der Waals surface area (Å²) in [6.07, 6.45) is 0. The van der Waals surface area contributed by atoms with Gasteiger partial charge in [0.2, 0.25) is 0 Å². The van der Waals surface area contributed by atoms with E-state index in [0.29, 0.717) is 11.3 Å². The van der Waals surface area contributed by atoms with Gasteiger partial charge in [0.15, 0.2) is 0 Å². The van der Waals surface area contributed by atoms with Crippen LogP contribution in [0.1, 0.15) is 5.56 Å². The number of sulfonamides is 1. The molecule has 0 unspecified atom stereocenters. The smallest absolute Gasteiger partial charge is 0.264 e. The molecule has 4 nitrogen and oxygen atoms in total. The van der Waals surface area contributed by atoms with Gasteiger partial charge in [0.25, 0.3) is 10.0 Å². The third-order valence-electron chi connectivity index (χ3n) is 2.29. The lowest BCUT2D eigenvalue weighted by Gasteiger charge is -2.08. The maximum absolute atomic E-state index is 13.6. The highest BCUT2D eigenvalue weighted by Gasteiger charge is 2.19. The molecule has 0 aliphatic rings. The number of benzene rings is 1. The third-order valence-corrected chi connectivity index (χ3v) is 4.37. The minimum absolute atomic E-state index is 0.154. The molecule has 18 heavy (non-hydrogen) atoms. The van der Waals surface area contributed by atoms with Gasteiger partial charge in [0.05, 0.1) is 5.69 Å². The number of halogens is 1. The van der Waals surface area contributed by atoms with Gasteiger partial charge in [-0.2, -0.15) is 11.3 Å². The third kappa shape index (κ3) is 2.69. The molecule has 0 spiro atoms. The Balaban J connectivity index is 2.40. The molecule has 1 aromatic heterocycles. The molecular formula is C11H11FN2O2S2. The first-order valence-electron chi connectivity index (χ1n) is 5.06. The topological polar surface area (TPSA) is 72.2 Å². The van der Waals surface area contributed by atoms with Crippen LogP contribution in [0, 0.1) is 5.82 Å². The van der Waals surface area contributed by atoms with Crippen LogP contribution in [0.3, 0.4) is 0 Å². The molecule has 2 aromatic rings. The van der Waals surface area contributed by atoms with E-state index in [-0.39, 0.29) is 6.54 Å². The van der Waals surface area contributed by atoms with Gasteiger partial charge < -0.3 is 5.73 Å². The molecule has 1 aromatic carbocycles. The zero-order chi connectivity index (χ0) is 13.2. The summed E-state index contributed by atoms with van der Waals surface area (Å²) in [7, 11) is -3.92. The molecule has 0 amide bonds. The fraction of sp³-hybridized carbons (Fsp3) is 0.0909. The number of anilines is 1. The summed E-state index contributed by atoms with van der Waals surface area (Å²) in [6, 6.07) is 5.40. The molecule has 0 radical (unpaired) electrons. The summed E-state index contributed by atoms with van der Waals surface area (Å²) in [4.78, 5) is -0.392. The van der Waals surface area contributed by atoms with E-state index < -0.39 is 20.7 Å². The normalized spacial score (nSPS) is 11.4. The van der Waals surface area contributed by atoms with Gasteiger partial charge in [-0.15, -0.1) is 0 Å². The molecule has 0 fully saturated rings. The molecule has 0 saturated heterocycles. The van der Waals surface area contributed by atoms with Crippen molar-refractivity contribution < 1.29 is 12.8 Å². The largest absolute Gasteiger partial charge is 0.326 e. The van der Waals surface area contributed by atoms with Crippen LogP contribution >= 0.6 is 11.3 Å². The molecule has 2 rings (SSSR count). The number of nitrogens with one attached hydrogen (secondary N) is 1. The van der Waals surface area contributed by atoms with Gasteiger partial charge in [-0.25, -0.2) is 12.8 Å². The molecule has 0 aliphatic heterocycles. The van der Waals surface area contributed by atoms with Gasteiger partial charge >= 0.3 is 0 Å². The van der Waals surface area contributed by atoms with Crippen molar-refractivity contribution >= 4 is 27.0 Å². The lowest BCUT2D eigenvalue weighted by Crippen LogP contribution is -2.15. The van der Waals surface area contributed by atoms with Gasteiger partial charge in [0.1, 0.15) is 10.7 Å². The Morgan fingerprint density at radius 3 is 2.72 bits per heavy atom. The molecule has 0 atom stereocenters. The van der Waals surface area contributed by atoms with E-state index in [0.717, 1.165) is 6.07 Å². The Morgan fingerprint density at radius 1 is 1.33 bits per heavy atom. The fourth-order valence-corrected chi connectivity index (χ4v) is 3.25. The van der Waals surface area contributed by atoms with E-state index in [1.807, 2.05) is 0 Å². The summed E-state index contributed by atoms with van der Waals surface area (Å²) >= 11 is 1.35. The van der Waals surface area contributed by atoms with Crippen molar-refractivity contribution in [1.82, 2.24) is 0 Å². The number of thiophene rings is 1. The van der Waals surface area contributed by atoms with Crippen molar-refractivity contribution in [2.45, 2.75) is 11.4 Å². The Morgan fingerprint density at radius 2 is 2.11 bits per heavy atom. The number of nitrogens with two attached hydrogens (primary N) is 1. The highest BCUT2D eigenvalue weighted by atomic mass is 32.2. The predicted molar refractivity (Wildman–Crippen MR) is 69.4 cm³/mol. The van der Waals surface area contributed by atoms with Gasteiger partial charge in [-0.3, -0.25) is 4.72 Å². The number of hydrogen-bond acceptors (Lipinski definition) is 4. The van der Waals surface area contributed by atoms with Crippen molar-refractivity contribution in [2.75, 3.05) is 4.72 Å². The highest BCUT2D eigenvalue weighted by Crippen LogP contribution is 2.21. The molecule has 7 heteroatoms. The van der Waals surface area contributed by atoms with Crippen LogP contribution in [-0.4, -0.2) is 8.42 Å².